The van der Waals surface area contributed by atoms with Crippen LogP contribution in [0.2, 0.25) is 0 Å². The Labute approximate surface area is 208 Å². The first-order chi connectivity index (χ1) is 17.0. The van der Waals surface area contributed by atoms with E-state index in [1.165, 1.54) is 11.8 Å². The van der Waals surface area contributed by atoms with Crippen molar-refractivity contribution in [3.8, 4) is 0 Å². The molecule has 8 heteroatoms. The first-order valence-electron chi connectivity index (χ1n) is 11.4. The Morgan fingerprint density at radius 3 is 2.60 bits per heavy atom. The number of hydrogen-bond acceptors (Lipinski definition) is 5. The number of para-hydroxylation sites is 1. The number of carbonyl (C=O) groups excluding carboxylic acids is 3. The normalized spacial score (nSPS) is 17.1. The van der Waals surface area contributed by atoms with Crippen molar-refractivity contribution in [3.63, 3.8) is 0 Å². The van der Waals surface area contributed by atoms with Gasteiger partial charge in [0.25, 0.3) is 5.91 Å². The minimum atomic E-state index is -0.435. The highest BCUT2D eigenvalue weighted by Crippen LogP contribution is 2.42. The van der Waals surface area contributed by atoms with Gasteiger partial charge in [0, 0.05) is 47.8 Å². The van der Waals surface area contributed by atoms with Crippen LogP contribution in [0.5, 0.6) is 0 Å². The molecule has 1 N–H and O–H groups in total. The maximum absolute atomic E-state index is 13.3. The van der Waals surface area contributed by atoms with Gasteiger partial charge in [0.15, 0.2) is 0 Å². The predicted molar refractivity (Wildman–Crippen MR) is 136 cm³/mol. The van der Waals surface area contributed by atoms with Gasteiger partial charge in [-0.05, 0) is 42.5 Å². The van der Waals surface area contributed by atoms with Crippen molar-refractivity contribution >= 4 is 46.5 Å². The number of fused-ring (bicyclic) bond motifs is 2. The van der Waals surface area contributed by atoms with Crippen LogP contribution in [0.25, 0.3) is 0 Å². The number of amides is 3. The van der Waals surface area contributed by atoms with Crippen LogP contribution in [0, 0.1) is 5.92 Å². The van der Waals surface area contributed by atoms with Crippen molar-refractivity contribution in [3.05, 3.63) is 78.4 Å². The van der Waals surface area contributed by atoms with E-state index in [0.29, 0.717) is 30.9 Å². The fourth-order valence-electron chi connectivity index (χ4n) is 4.39. The van der Waals surface area contributed by atoms with E-state index in [2.05, 4.69) is 5.32 Å². The number of rotatable bonds is 6. The van der Waals surface area contributed by atoms with Crippen LogP contribution < -0.4 is 15.1 Å². The van der Waals surface area contributed by atoms with E-state index in [9.17, 15) is 14.4 Å². The fraction of sp³-hybridized carbons (Fsp3) is 0.222. The first kappa shape index (κ1) is 23.1. The van der Waals surface area contributed by atoms with Gasteiger partial charge in [-0.1, -0.05) is 42.1 Å². The summed E-state index contributed by atoms with van der Waals surface area (Å²) in [4.78, 5) is 44.0. The second-order valence-electron chi connectivity index (χ2n) is 8.46. The molecule has 0 aromatic heterocycles. The Morgan fingerprint density at radius 1 is 1.03 bits per heavy atom. The summed E-state index contributed by atoms with van der Waals surface area (Å²) in [7, 11) is 1.61. The third kappa shape index (κ3) is 4.67. The van der Waals surface area contributed by atoms with Crippen molar-refractivity contribution in [2.45, 2.75) is 16.2 Å². The molecule has 0 radical (unpaired) electrons. The van der Waals surface area contributed by atoms with E-state index >= 15 is 0 Å². The van der Waals surface area contributed by atoms with Gasteiger partial charge < -0.3 is 19.9 Å². The summed E-state index contributed by atoms with van der Waals surface area (Å²) in [6.07, 6.45) is 0.174. The highest BCUT2D eigenvalue weighted by atomic mass is 32.2. The number of ether oxygens (including phenoxy) is 1. The molecule has 0 bridgehead atoms. The molecule has 0 aliphatic carbocycles. The molecule has 3 amide bonds. The molecule has 1 atom stereocenters. The molecule has 35 heavy (non-hydrogen) atoms. The maximum atomic E-state index is 13.3. The van der Waals surface area contributed by atoms with Gasteiger partial charge in [0.05, 0.1) is 23.8 Å². The zero-order valence-corrected chi connectivity index (χ0v) is 20.1. The number of benzene rings is 3. The summed E-state index contributed by atoms with van der Waals surface area (Å²) >= 11 is 1.50. The standard InChI is InChI=1S/C27H25N3O4S/c1-34-14-13-29-22-12-11-19(16-24(22)35-23-10-6-5-9-21(23)27(29)33)28-26(32)18-15-25(31)30(17-18)20-7-3-2-4-8-20/h2-12,16,18H,13-15,17H2,1H3,(H,28,32)/t18-/m0/s1. The minimum Gasteiger partial charge on any atom is -0.383 e. The van der Waals surface area contributed by atoms with E-state index < -0.39 is 5.92 Å². The maximum Gasteiger partial charge on any atom is 0.259 e. The van der Waals surface area contributed by atoms with E-state index in [4.69, 9.17) is 4.74 Å². The van der Waals surface area contributed by atoms with Gasteiger partial charge in [-0.2, -0.15) is 0 Å². The predicted octanol–water partition coefficient (Wildman–Crippen LogP) is 4.44. The lowest BCUT2D eigenvalue weighted by molar-refractivity contribution is -0.122. The van der Waals surface area contributed by atoms with Gasteiger partial charge in [0.2, 0.25) is 11.8 Å². The highest BCUT2D eigenvalue weighted by molar-refractivity contribution is 7.99. The topological polar surface area (TPSA) is 79.0 Å². The van der Waals surface area contributed by atoms with Gasteiger partial charge in [-0.25, -0.2) is 0 Å². The Bertz CT molecular complexity index is 1280. The second-order valence-corrected chi connectivity index (χ2v) is 9.54. The third-order valence-corrected chi connectivity index (χ3v) is 7.31. The Morgan fingerprint density at radius 2 is 1.80 bits per heavy atom. The van der Waals surface area contributed by atoms with Crippen LogP contribution in [-0.4, -0.2) is 44.5 Å². The summed E-state index contributed by atoms with van der Waals surface area (Å²) in [5.74, 6) is -0.762. The second kappa shape index (κ2) is 9.93. The zero-order chi connectivity index (χ0) is 24.4. The van der Waals surface area contributed by atoms with Crippen LogP contribution in [-0.2, 0) is 14.3 Å². The van der Waals surface area contributed by atoms with E-state index in [0.717, 1.165) is 21.2 Å². The van der Waals surface area contributed by atoms with E-state index in [1.807, 2.05) is 66.7 Å². The first-order valence-corrected chi connectivity index (χ1v) is 12.2. The van der Waals surface area contributed by atoms with Crippen molar-refractivity contribution in [2.75, 3.05) is 41.9 Å². The monoisotopic (exact) mass is 487 g/mol. The molecule has 0 unspecified atom stereocenters. The lowest BCUT2D eigenvalue weighted by Crippen LogP contribution is -2.33. The highest BCUT2D eigenvalue weighted by Gasteiger charge is 2.35. The van der Waals surface area contributed by atoms with Gasteiger partial charge >= 0.3 is 0 Å². The van der Waals surface area contributed by atoms with Crippen molar-refractivity contribution in [1.29, 1.82) is 0 Å². The molecule has 3 aromatic carbocycles. The van der Waals surface area contributed by atoms with Gasteiger partial charge in [-0.3, -0.25) is 14.4 Å². The quantitative estimate of drug-likeness (QED) is 0.556. The Hall–Kier alpha value is -3.62. The number of nitrogens with zero attached hydrogens (tertiary/aromatic N) is 2. The van der Waals surface area contributed by atoms with Crippen molar-refractivity contribution in [1.82, 2.24) is 0 Å². The summed E-state index contributed by atoms with van der Waals surface area (Å²) < 4.78 is 5.23. The summed E-state index contributed by atoms with van der Waals surface area (Å²) in [5, 5.41) is 2.98. The number of methoxy groups -OCH3 is 1. The van der Waals surface area contributed by atoms with Crippen molar-refractivity contribution in [2.24, 2.45) is 5.92 Å². The summed E-state index contributed by atoms with van der Waals surface area (Å²) in [6.45, 7) is 1.17. The molecule has 3 aromatic rings. The largest absolute Gasteiger partial charge is 0.383 e. The number of hydrogen-bond donors (Lipinski definition) is 1. The molecule has 7 nitrogen and oxygen atoms in total. The lowest BCUT2D eigenvalue weighted by Gasteiger charge is -2.23. The molecule has 2 aliphatic heterocycles. The molecule has 1 fully saturated rings. The SMILES string of the molecule is COCCN1C(=O)c2ccccc2Sc2cc(NC(=O)[C@H]3CC(=O)N(c4ccccc4)C3)ccc21. The molecule has 2 heterocycles. The third-order valence-electron chi connectivity index (χ3n) is 6.18. The zero-order valence-electron chi connectivity index (χ0n) is 19.3. The number of nitrogens with one attached hydrogen (secondary N) is 1. The van der Waals surface area contributed by atoms with Crippen LogP contribution >= 0.6 is 11.8 Å². The molecule has 0 spiro atoms. The van der Waals surface area contributed by atoms with Crippen LogP contribution in [0.4, 0.5) is 17.1 Å². The molecule has 5 rings (SSSR count). The van der Waals surface area contributed by atoms with Crippen LogP contribution in [0.15, 0.2) is 82.6 Å². The average molecular weight is 488 g/mol. The molecule has 178 valence electrons. The Kier molecular flexibility index (Phi) is 6.57. The van der Waals surface area contributed by atoms with Crippen LogP contribution in [0.1, 0.15) is 16.8 Å². The van der Waals surface area contributed by atoms with Gasteiger partial charge in [-0.15, -0.1) is 0 Å². The molecule has 1 saturated heterocycles. The van der Waals surface area contributed by atoms with Crippen molar-refractivity contribution < 1.29 is 19.1 Å². The summed E-state index contributed by atoms with van der Waals surface area (Å²) in [5.41, 5.74) is 2.84. The average Bonchev–Trinajstić information content (AvgIpc) is 3.22. The lowest BCUT2D eigenvalue weighted by atomic mass is 10.1. The molecular weight excluding hydrogens is 462 g/mol. The van der Waals surface area contributed by atoms with E-state index in [1.54, 1.807) is 23.0 Å². The molecule has 2 aliphatic rings. The van der Waals surface area contributed by atoms with Gasteiger partial charge in [0.1, 0.15) is 0 Å². The van der Waals surface area contributed by atoms with Crippen LogP contribution in [0.3, 0.4) is 0 Å². The summed E-state index contributed by atoms with van der Waals surface area (Å²) in [6, 6.07) is 22.5. The Balaban J connectivity index is 1.37. The molecule has 0 saturated carbocycles. The van der Waals surface area contributed by atoms with E-state index in [-0.39, 0.29) is 24.1 Å². The number of carbonyl (C=O) groups is 3. The minimum absolute atomic E-state index is 0.0576. The number of anilines is 3. The fourth-order valence-corrected chi connectivity index (χ4v) is 5.51. The molecular formula is C27H25N3O4S. The smallest absolute Gasteiger partial charge is 0.259 e.